The summed E-state index contributed by atoms with van der Waals surface area (Å²) in [5.74, 6) is 0.501. The molecular weight excluding hydrogens is 251 g/mol. The van der Waals surface area contributed by atoms with Gasteiger partial charge < -0.3 is 9.21 Å². The molecule has 0 N–H and O–H groups in total. The lowest BCUT2D eigenvalue weighted by atomic mass is 9.67. The van der Waals surface area contributed by atoms with E-state index in [9.17, 15) is 4.39 Å². The Morgan fingerprint density at radius 2 is 2.00 bits per heavy atom. The van der Waals surface area contributed by atoms with E-state index in [1.165, 1.54) is 19.4 Å². The van der Waals surface area contributed by atoms with Crippen molar-refractivity contribution in [3.63, 3.8) is 0 Å². The number of fused-ring (bicyclic) bond motifs is 1. The van der Waals surface area contributed by atoms with Gasteiger partial charge in [-0.2, -0.15) is 0 Å². The molecule has 0 fully saturated rings. The summed E-state index contributed by atoms with van der Waals surface area (Å²) in [7, 11) is 7.05. The number of aromatic nitrogens is 1. The predicted octanol–water partition coefficient (Wildman–Crippen LogP) is 2.91. The van der Waals surface area contributed by atoms with E-state index < -0.39 is 0 Å². The Balaban J connectivity index is 1.86. The molecule has 0 atom stereocenters. The molecule has 5 heteroatoms. The lowest BCUT2D eigenvalue weighted by molar-refractivity contribution is 0.309. The second-order valence-electron chi connectivity index (χ2n) is 4.48. The van der Waals surface area contributed by atoms with Crippen LogP contribution >= 0.6 is 0 Å². The Morgan fingerprint density at radius 3 is 2.80 bits per heavy atom. The van der Waals surface area contributed by atoms with Crippen LogP contribution in [0.1, 0.15) is 5.56 Å². The van der Waals surface area contributed by atoms with Gasteiger partial charge in [-0.15, -0.1) is 0 Å². The van der Waals surface area contributed by atoms with Crippen LogP contribution in [-0.4, -0.2) is 19.5 Å². The van der Waals surface area contributed by atoms with Gasteiger partial charge in [-0.05, 0) is 42.1 Å². The molecule has 20 heavy (non-hydrogen) atoms. The van der Waals surface area contributed by atoms with Crippen LogP contribution in [0.25, 0.3) is 10.9 Å². The van der Waals surface area contributed by atoms with Crippen molar-refractivity contribution >= 4 is 25.9 Å². The Labute approximate surface area is 118 Å². The average Bonchev–Trinajstić information content (AvgIpc) is 2.89. The van der Waals surface area contributed by atoms with E-state index in [0.29, 0.717) is 6.61 Å². The van der Waals surface area contributed by atoms with Gasteiger partial charge in [0.2, 0.25) is 0 Å². The molecule has 1 heterocycles. The number of nitrogens with zero attached hydrogens (tertiary/aromatic N) is 1. The number of benzene rings is 2. The lowest BCUT2D eigenvalue weighted by Gasteiger charge is -2.08. The molecule has 0 aliphatic rings. The van der Waals surface area contributed by atoms with E-state index in [2.05, 4.69) is 0 Å². The largest absolute Gasteiger partial charge is 0.488 e. The number of hydrogen-bond acceptors (Lipinski definition) is 1. The predicted molar refractivity (Wildman–Crippen MR) is 79.6 cm³/mol. The Bertz CT molecular complexity index is 742. The van der Waals surface area contributed by atoms with Crippen LogP contribution in [0.2, 0.25) is 0 Å². The van der Waals surface area contributed by atoms with Crippen LogP contribution in [0, 0.1) is 5.82 Å². The van der Waals surface area contributed by atoms with Gasteiger partial charge in [0.1, 0.15) is 18.2 Å². The van der Waals surface area contributed by atoms with Crippen LogP contribution in [0.5, 0.6) is 5.75 Å². The van der Waals surface area contributed by atoms with Crippen LogP contribution in [-0.2, 0) is 6.61 Å². The number of rotatable bonds is 4. The Morgan fingerprint density at radius 1 is 1.15 bits per heavy atom. The highest BCUT2D eigenvalue weighted by Gasteiger charge is 2.06. The van der Waals surface area contributed by atoms with Crippen molar-refractivity contribution in [2.45, 2.75) is 6.61 Å². The summed E-state index contributed by atoms with van der Waals surface area (Å²) >= 11 is 0. The third-order valence-electron chi connectivity index (χ3n) is 3.17. The first kappa shape index (κ1) is 12.9. The third-order valence-corrected chi connectivity index (χ3v) is 3.17. The first-order valence-electron chi connectivity index (χ1n) is 6.30. The average molecular weight is 262 g/mol. The second kappa shape index (κ2) is 5.45. The van der Waals surface area contributed by atoms with E-state index in [0.717, 1.165) is 22.2 Å². The van der Waals surface area contributed by atoms with E-state index in [1.54, 1.807) is 6.07 Å². The highest BCUT2D eigenvalue weighted by molar-refractivity contribution is 6.88. The standard InChI is InChI=1S/C15H11B2FNO/c16-17-19-8-7-13-14(19)5-2-6-15(13)20-10-11-3-1-4-12(18)9-11/h1-9H,10H2. The number of ether oxygens (including phenoxy) is 1. The number of hydrogen-bond donors (Lipinski definition) is 0. The minimum Gasteiger partial charge on any atom is -0.488 e. The molecule has 0 saturated carbocycles. The zero-order valence-electron chi connectivity index (χ0n) is 10.8. The normalized spacial score (nSPS) is 10.7. The molecule has 0 aliphatic heterocycles. The SMILES string of the molecule is [B][B]n1ccc2c(OCc3cccc(F)c3)cccc21. The van der Waals surface area contributed by atoms with Crippen molar-refractivity contribution in [1.82, 2.24) is 4.48 Å². The Hall–Kier alpha value is -2.16. The molecule has 2 nitrogen and oxygen atoms in total. The minimum absolute atomic E-state index is 0.256. The van der Waals surface area contributed by atoms with E-state index >= 15 is 0 Å². The monoisotopic (exact) mass is 262 g/mol. The first-order chi connectivity index (χ1) is 9.78. The van der Waals surface area contributed by atoms with E-state index in [-0.39, 0.29) is 5.82 Å². The zero-order valence-corrected chi connectivity index (χ0v) is 10.8. The quantitative estimate of drug-likeness (QED) is 0.659. The highest BCUT2D eigenvalue weighted by atomic mass is 19.1. The van der Waals surface area contributed by atoms with E-state index in [1.807, 2.05) is 41.0 Å². The molecule has 3 radical (unpaired) electrons. The van der Waals surface area contributed by atoms with Crippen molar-refractivity contribution in [2.24, 2.45) is 0 Å². The fourth-order valence-corrected chi connectivity index (χ4v) is 2.20. The maximum atomic E-state index is 13.1. The molecular formula is C15H11B2FNO. The summed E-state index contributed by atoms with van der Waals surface area (Å²) in [5.41, 5.74) is 1.77. The maximum Gasteiger partial charge on any atom is 0.191 e. The van der Waals surface area contributed by atoms with Gasteiger partial charge in [-0.3, -0.25) is 0 Å². The van der Waals surface area contributed by atoms with Gasteiger partial charge in [0.25, 0.3) is 0 Å². The van der Waals surface area contributed by atoms with Gasteiger partial charge >= 0.3 is 0 Å². The molecule has 0 unspecified atom stereocenters. The molecule has 2 aromatic carbocycles. The summed E-state index contributed by atoms with van der Waals surface area (Å²) in [6.07, 6.45) is 1.87. The fourth-order valence-electron chi connectivity index (χ4n) is 2.20. The van der Waals surface area contributed by atoms with Crippen molar-refractivity contribution in [1.29, 1.82) is 0 Å². The Kier molecular flexibility index (Phi) is 3.50. The van der Waals surface area contributed by atoms with Crippen LogP contribution in [0.15, 0.2) is 54.7 Å². The fraction of sp³-hybridized carbons (Fsp3) is 0.0667. The third kappa shape index (κ3) is 2.44. The van der Waals surface area contributed by atoms with Crippen LogP contribution in [0.3, 0.4) is 0 Å². The summed E-state index contributed by atoms with van der Waals surface area (Å²) < 4.78 is 20.7. The molecule has 1 aromatic heterocycles. The van der Waals surface area contributed by atoms with Crippen molar-refractivity contribution in [3.8, 4) is 5.75 Å². The summed E-state index contributed by atoms with van der Waals surface area (Å²) in [5, 5.41) is 0.977. The smallest absolute Gasteiger partial charge is 0.191 e. The van der Waals surface area contributed by atoms with E-state index in [4.69, 9.17) is 12.5 Å². The van der Waals surface area contributed by atoms with Gasteiger partial charge in [0.05, 0.1) is 0 Å². The molecule has 3 rings (SSSR count). The summed E-state index contributed by atoms with van der Waals surface area (Å²) in [6.45, 7) is 0.328. The molecule has 0 bridgehead atoms. The van der Waals surface area contributed by atoms with Gasteiger partial charge in [0.15, 0.2) is 7.31 Å². The first-order valence-corrected chi connectivity index (χ1v) is 6.30. The lowest BCUT2D eigenvalue weighted by Crippen LogP contribution is -2.03. The van der Waals surface area contributed by atoms with Crippen LogP contribution < -0.4 is 4.74 Å². The highest BCUT2D eigenvalue weighted by Crippen LogP contribution is 2.26. The number of halogens is 1. The molecule has 3 aromatic rings. The minimum atomic E-state index is -0.256. The van der Waals surface area contributed by atoms with Crippen molar-refractivity contribution in [2.75, 3.05) is 0 Å². The van der Waals surface area contributed by atoms with Gasteiger partial charge in [0, 0.05) is 18.6 Å². The maximum absolute atomic E-state index is 13.1. The zero-order chi connectivity index (χ0) is 13.9. The topological polar surface area (TPSA) is 14.2 Å². The van der Waals surface area contributed by atoms with Crippen molar-refractivity contribution in [3.05, 3.63) is 66.1 Å². The van der Waals surface area contributed by atoms with Gasteiger partial charge in [-0.25, -0.2) is 4.39 Å². The molecule has 0 saturated heterocycles. The summed E-state index contributed by atoms with van der Waals surface area (Å²) in [6, 6.07) is 14.1. The summed E-state index contributed by atoms with van der Waals surface area (Å²) in [4.78, 5) is 0. The van der Waals surface area contributed by atoms with Crippen molar-refractivity contribution < 1.29 is 9.13 Å². The van der Waals surface area contributed by atoms with Crippen LogP contribution in [0.4, 0.5) is 4.39 Å². The molecule has 0 aliphatic carbocycles. The van der Waals surface area contributed by atoms with Gasteiger partial charge in [-0.1, -0.05) is 18.2 Å². The molecule has 0 spiro atoms. The molecule has 0 amide bonds. The molecule has 95 valence electrons. The second-order valence-corrected chi connectivity index (χ2v) is 4.48.